The van der Waals surface area contributed by atoms with Crippen molar-refractivity contribution in [3.63, 3.8) is 0 Å². The fourth-order valence-corrected chi connectivity index (χ4v) is 2.34. The summed E-state index contributed by atoms with van der Waals surface area (Å²) in [5.41, 5.74) is 0.741. The van der Waals surface area contributed by atoms with Crippen LogP contribution in [0.15, 0.2) is 18.2 Å². The Kier molecular flexibility index (Phi) is 6.66. The number of carbonyl (C=O) groups excluding carboxylic acids is 1. The second-order valence-electron chi connectivity index (χ2n) is 6.20. The molecule has 1 aromatic rings. The Morgan fingerprint density at radius 3 is 2.55 bits per heavy atom. The zero-order valence-corrected chi connectivity index (χ0v) is 14.1. The van der Waals surface area contributed by atoms with Gasteiger partial charge >= 0.3 is 6.09 Å². The minimum absolute atomic E-state index is 0.186. The van der Waals surface area contributed by atoms with Crippen molar-refractivity contribution in [2.75, 3.05) is 6.54 Å². The SMILES string of the molecule is Cc1cccc(Cl)c1C(O)C(O)CCNC(=O)OC(C)(C)C. The molecule has 22 heavy (non-hydrogen) atoms. The summed E-state index contributed by atoms with van der Waals surface area (Å²) >= 11 is 6.06. The van der Waals surface area contributed by atoms with Crippen molar-refractivity contribution in [3.8, 4) is 0 Å². The van der Waals surface area contributed by atoms with Crippen LogP contribution in [0.5, 0.6) is 0 Å². The van der Waals surface area contributed by atoms with E-state index in [4.69, 9.17) is 16.3 Å². The Bertz CT molecular complexity index is 493. The van der Waals surface area contributed by atoms with Crippen molar-refractivity contribution in [2.45, 2.75) is 51.9 Å². The molecule has 1 rings (SSSR count). The first-order valence-corrected chi connectivity index (χ1v) is 7.57. The van der Waals surface area contributed by atoms with E-state index >= 15 is 0 Å². The maximum Gasteiger partial charge on any atom is 0.407 e. The smallest absolute Gasteiger partial charge is 0.407 e. The number of ether oxygens (including phenoxy) is 1. The van der Waals surface area contributed by atoms with E-state index in [9.17, 15) is 15.0 Å². The first-order chi connectivity index (χ1) is 10.1. The fraction of sp³-hybridized carbons (Fsp3) is 0.562. The van der Waals surface area contributed by atoms with E-state index in [1.165, 1.54) is 0 Å². The average molecular weight is 330 g/mol. The second kappa shape index (κ2) is 7.81. The molecular formula is C16H24ClNO4. The number of hydrogen-bond acceptors (Lipinski definition) is 4. The van der Waals surface area contributed by atoms with Gasteiger partial charge in [-0.3, -0.25) is 0 Å². The van der Waals surface area contributed by atoms with E-state index in [1.807, 2.05) is 13.0 Å². The lowest BCUT2D eigenvalue weighted by Gasteiger charge is -2.22. The van der Waals surface area contributed by atoms with Gasteiger partial charge in [0, 0.05) is 17.1 Å². The van der Waals surface area contributed by atoms with Crippen LogP contribution in [0.25, 0.3) is 0 Å². The molecule has 0 aliphatic rings. The molecule has 0 radical (unpaired) electrons. The van der Waals surface area contributed by atoms with Crippen molar-refractivity contribution in [1.82, 2.24) is 5.32 Å². The van der Waals surface area contributed by atoms with Gasteiger partial charge in [-0.25, -0.2) is 4.79 Å². The normalized spacial score (nSPS) is 14.3. The predicted octanol–water partition coefficient (Wildman–Crippen LogP) is 2.96. The number of aliphatic hydroxyl groups excluding tert-OH is 2. The van der Waals surface area contributed by atoms with Crippen LogP contribution >= 0.6 is 11.6 Å². The topological polar surface area (TPSA) is 78.8 Å². The van der Waals surface area contributed by atoms with Crippen LogP contribution < -0.4 is 5.32 Å². The standard InChI is InChI=1S/C16H24ClNO4/c1-10-6-5-7-11(17)13(10)14(20)12(19)8-9-18-15(21)22-16(2,3)4/h5-7,12,14,19-20H,8-9H2,1-4H3,(H,18,21). The van der Waals surface area contributed by atoms with Crippen LogP contribution in [0.2, 0.25) is 5.02 Å². The van der Waals surface area contributed by atoms with Gasteiger partial charge in [0.2, 0.25) is 0 Å². The zero-order valence-electron chi connectivity index (χ0n) is 13.4. The molecule has 2 unspecified atom stereocenters. The predicted molar refractivity (Wildman–Crippen MR) is 86.0 cm³/mol. The van der Waals surface area contributed by atoms with Crippen LogP contribution in [0, 0.1) is 6.92 Å². The van der Waals surface area contributed by atoms with Gasteiger partial charge in [0.15, 0.2) is 0 Å². The van der Waals surface area contributed by atoms with E-state index < -0.39 is 23.9 Å². The number of aryl methyl sites for hydroxylation is 1. The maximum absolute atomic E-state index is 11.5. The molecule has 6 heteroatoms. The van der Waals surface area contributed by atoms with Crippen molar-refractivity contribution < 1.29 is 19.7 Å². The van der Waals surface area contributed by atoms with Crippen LogP contribution in [-0.2, 0) is 4.74 Å². The van der Waals surface area contributed by atoms with Crippen LogP contribution in [0.4, 0.5) is 4.79 Å². The molecule has 0 aliphatic heterocycles. The Morgan fingerprint density at radius 2 is 2.00 bits per heavy atom. The minimum Gasteiger partial charge on any atom is -0.444 e. The highest BCUT2D eigenvalue weighted by Gasteiger charge is 2.23. The molecule has 0 aliphatic carbocycles. The van der Waals surface area contributed by atoms with Gasteiger partial charge < -0.3 is 20.3 Å². The molecule has 124 valence electrons. The molecule has 3 N–H and O–H groups in total. The lowest BCUT2D eigenvalue weighted by Crippen LogP contribution is -2.34. The number of benzene rings is 1. The molecule has 0 saturated heterocycles. The van der Waals surface area contributed by atoms with E-state index in [-0.39, 0.29) is 13.0 Å². The van der Waals surface area contributed by atoms with Crippen LogP contribution in [0.1, 0.15) is 44.4 Å². The number of hydrogen-bond donors (Lipinski definition) is 3. The summed E-state index contributed by atoms with van der Waals surface area (Å²) in [5, 5.41) is 23.2. The number of halogens is 1. The molecular weight excluding hydrogens is 306 g/mol. The first-order valence-electron chi connectivity index (χ1n) is 7.20. The third-order valence-electron chi connectivity index (χ3n) is 3.04. The lowest BCUT2D eigenvalue weighted by molar-refractivity contribution is 0.0120. The summed E-state index contributed by atoms with van der Waals surface area (Å²) in [4.78, 5) is 11.5. The fourth-order valence-electron chi connectivity index (χ4n) is 2.01. The highest BCUT2D eigenvalue weighted by molar-refractivity contribution is 6.31. The summed E-state index contributed by atoms with van der Waals surface area (Å²) in [6.45, 7) is 7.31. The highest BCUT2D eigenvalue weighted by Crippen LogP contribution is 2.29. The van der Waals surface area contributed by atoms with E-state index in [2.05, 4.69) is 5.32 Å². The number of carbonyl (C=O) groups is 1. The van der Waals surface area contributed by atoms with Crippen LogP contribution in [0.3, 0.4) is 0 Å². The Morgan fingerprint density at radius 1 is 1.36 bits per heavy atom. The van der Waals surface area contributed by atoms with Gasteiger partial charge in [0.1, 0.15) is 11.7 Å². The molecule has 0 saturated carbocycles. The largest absolute Gasteiger partial charge is 0.444 e. The Labute approximate surface area is 136 Å². The molecule has 5 nitrogen and oxygen atoms in total. The van der Waals surface area contributed by atoms with Crippen molar-refractivity contribution >= 4 is 17.7 Å². The monoisotopic (exact) mass is 329 g/mol. The number of alkyl carbamates (subject to hydrolysis) is 1. The molecule has 1 amide bonds. The van der Waals surface area contributed by atoms with Gasteiger partial charge in [-0.05, 0) is 45.7 Å². The van der Waals surface area contributed by atoms with Gasteiger partial charge in [0.25, 0.3) is 0 Å². The summed E-state index contributed by atoms with van der Waals surface area (Å²) in [5.74, 6) is 0. The zero-order chi connectivity index (χ0) is 16.9. The average Bonchev–Trinajstić information content (AvgIpc) is 2.35. The van der Waals surface area contributed by atoms with Gasteiger partial charge in [0.05, 0.1) is 6.10 Å². The molecule has 0 fully saturated rings. The minimum atomic E-state index is -1.10. The molecule has 0 bridgehead atoms. The Hall–Kier alpha value is -1.30. The van der Waals surface area contributed by atoms with Crippen molar-refractivity contribution in [3.05, 3.63) is 34.3 Å². The molecule has 1 aromatic carbocycles. The molecule has 0 heterocycles. The van der Waals surface area contributed by atoms with Gasteiger partial charge in [-0.2, -0.15) is 0 Å². The molecule has 0 spiro atoms. The lowest BCUT2D eigenvalue weighted by atomic mass is 9.98. The summed E-state index contributed by atoms with van der Waals surface area (Å²) in [6, 6.07) is 5.26. The summed E-state index contributed by atoms with van der Waals surface area (Å²) in [6.07, 6.45) is -2.50. The van der Waals surface area contributed by atoms with Crippen molar-refractivity contribution in [2.24, 2.45) is 0 Å². The van der Waals surface area contributed by atoms with Gasteiger partial charge in [-0.1, -0.05) is 23.7 Å². The second-order valence-corrected chi connectivity index (χ2v) is 6.61. The highest BCUT2D eigenvalue weighted by atomic mass is 35.5. The van der Waals surface area contributed by atoms with E-state index in [0.29, 0.717) is 10.6 Å². The first kappa shape index (κ1) is 18.7. The summed E-state index contributed by atoms with van der Waals surface area (Å²) < 4.78 is 5.09. The molecule has 0 aromatic heterocycles. The number of aliphatic hydroxyl groups is 2. The third kappa shape index (κ3) is 5.83. The third-order valence-corrected chi connectivity index (χ3v) is 3.37. The van der Waals surface area contributed by atoms with Crippen molar-refractivity contribution in [1.29, 1.82) is 0 Å². The Balaban J connectivity index is 2.52. The number of amides is 1. The number of nitrogens with one attached hydrogen (secondary N) is 1. The summed E-state index contributed by atoms with van der Waals surface area (Å²) in [7, 11) is 0. The van der Waals surface area contributed by atoms with Crippen LogP contribution in [-0.4, -0.2) is 34.6 Å². The van der Waals surface area contributed by atoms with E-state index in [1.54, 1.807) is 32.9 Å². The quantitative estimate of drug-likeness (QED) is 0.776. The molecule has 2 atom stereocenters. The maximum atomic E-state index is 11.5. The van der Waals surface area contributed by atoms with Gasteiger partial charge in [-0.15, -0.1) is 0 Å². The van der Waals surface area contributed by atoms with E-state index in [0.717, 1.165) is 5.56 Å². The number of rotatable bonds is 5.